The van der Waals surface area contributed by atoms with Crippen LogP contribution in [0.15, 0.2) is 0 Å². The van der Waals surface area contributed by atoms with Crippen LogP contribution < -0.4 is 0 Å². The molecule has 0 aliphatic heterocycles. The van der Waals surface area contributed by atoms with E-state index in [1.54, 1.807) is 0 Å². The first-order valence-electron chi connectivity index (χ1n) is 0.123. The Morgan fingerprint density at radius 1 is 1.20 bits per heavy atom. The van der Waals surface area contributed by atoms with Gasteiger partial charge in [0.1, 0.15) is 0 Å². The summed E-state index contributed by atoms with van der Waals surface area (Å²) in [5, 5.41) is 0. The standard InChI is InChI=1S/Ca.Cu.Hg.O.Tl.2H. The van der Waals surface area contributed by atoms with E-state index in [2.05, 4.69) is 15.9 Å². The molecule has 0 rings (SSSR count). The van der Waals surface area contributed by atoms with Crippen LogP contribution in [0.3, 0.4) is 0 Å². The molecule has 0 atom stereocenters. The minimum absolute atomic E-state index is 0. The SMILES string of the molecule is [CaH2].[Hg].[O]=[Cu].[Tl]. The average molecular weight is 527 g/mol. The number of hydrogen-bond donors (Lipinski definition) is 0. The summed E-state index contributed by atoms with van der Waals surface area (Å²) in [4.78, 5) is 0. The van der Waals surface area contributed by atoms with Crippen molar-refractivity contribution < 1.29 is 47.4 Å². The van der Waals surface area contributed by atoms with Gasteiger partial charge in [-0.2, -0.15) is 0 Å². The van der Waals surface area contributed by atoms with Crippen molar-refractivity contribution >= 4 is 65.0 Å². The molecule has 1 nitrogen and oxygen atoms in total. The summed E-state index contributed by atoms with van der Waals surface area (Å²) in [6, 6.07) is 0. The second kappa shape index (κ2) is 26.1. The molecule has 5 heteroatoms. The number of hydrogen-bond acceptors (Lipinski definition) is 1. The monoisotopic (exact) mass is 528 g/mol. The Morgan fingerprint density at radius 3 is 1.20 bits per heavy atom. The fourth-order valence-corrected chi connectivity index (χ4v) is 0. The van der Waals surface area contributed by atoms with Gasteiger partial charge in [-0.25, -0.2) is 0 Å². The predicted molar refractivity (Wildman–Crippen MR) is 15.0 cm³/mol. The molecule has 0 aliphatic rings. The van der Waals surface area contributed by atoms with E-state index < -0.39 is 0 Å². The van der Waals surface area contributed by atoms with E-state index in [1.807, 2.05) is 0 Å². The third kappa shape index (κ3) is 18.6. The summed E-state index contributed by atoms with van der Waals surface area (Å²) in [5.41, 5.74) is 0. The van der Waals surface area contributed by atoms with Gasteiger partial charge in [-0.15, -0.1) is 0 Å². The first-order chi connectivity index (χ1) is 1.00. The van der Waals surface area contributed by atoms with Crippen LogP contribution in [0.25, 0.3) is 0 Å². The van der Waals surface area contributed by atoms with Crippen LogP contribution >= 0.6 is 0 Å². The zero-order chi connectivity index (χ0) is 2.00. The van der Waals surface area contributed by atoms with E-state index in [9.17, 15) is 0 Å². The van der Waals surface area contributed by atoms with E-state index in [4.69, 9.17) is 3.83 Å². The van der Waals surface area contributed by atoms with Crippen molar-refractivity contribution in [3.63, 3.8) is 0 Å². The molecule has 0 fully saturated rings. The molecule has 0 saturated carbocycles. The van der Waals surface area contributed by atoms with Crippen molar-refractivity contribution in [3.05, 3.63) is 0 Å². The van der Waals surface area contributed by atoms with E-state index in [-0.39, 0.29) is 92.7 Å². The third-order valence-electron chi connectivity index (χ3n) is 0. The summed E-state index contributed by atoms with van der Waals surface area (Å²) >= 11 is 2.94. The van der Waals surface area contributed by atoms with Gasteiger partial charge in [0.2, 0.25) is 0 Å². The van der Waals surface area contributed by atoms with Crippen LogP contribution in [0.2, 0.25) is 0 Å². The van der Waals surface area contributed by atoms with Crippen molar-refractivity contribution in [3.8, 4) is 0 Å². The van der Waals surface area contributed by atoms with Crippen LogP contribution in [0.4, 0.5) is 0 Å². The van der Waals surface area contributed by atoms with Crippen LogP contribution in [0, 0.1) is 0 Å². The van der Waals surface area contributed by atoms with Crippen molar-refractivity contribution in [2.75, 3.05) is 0 Å². The Labute approximate surface area is 110 Å². The Morgan fingerprint density at radius 2 is 1.20 bits per heavy atom. The maximum absolute atomic E-state index is 7.81. The Hall–Kier alpha value is 3.44. The van der Waals surface area contributed by atoms with E-state index >= 15 is 0 Å². The number of rotatable bonds is 0. The molecule has 0 aliphatic carbocycles. The largest absolute Gasteiger partial charge is 0 e. The zero-order valence-corrected chi connectivity index (χ0v) is 12.9. The third-order valence-corrected chi connectivity index (χ3v) is 0. The van der Waals surface area contributed by atoms with Crippen molar-refractivity contribution in [2.24, 2.45) is 0 Å². The van der Waals surface area contributed by atoms with Gasteiger partial charge in [-0.05, 0) is 0 Å². The molecule has 0 bridgehead atoms. The van der Waals surface area contributed by atoms with E-state index in [1.165, 1.54) is 0 Å². The van der Waals surface area contributed by atoms with Gasteiger partial charge in [-0.3, -0.25) is 0 Å². The molecule has 0 N–H and O–H groups in total. The first kappa shape index (κ1) is 23.7. The summed E-state index contributed by atoms with van der Waals surface area (Å²) in [5.74, 6) is 0. The van der Waals surface area contributed by atoms with Gasteiger partial charge >= 0.3 is 57.5 Å². The van der Waals surface area contributed by atoms with E-state index in [0.29, 0.717) is 0 Å². The van der Waals surface area contributed by atoms with Gasteiger partial charge < -0.3 is 0 Å². The van der Waals surface area contributed by atoms with Crippen LogP contribution in [0.5, 0.6) is 0 Å². The summed E-state index contributed by atoms with van der Waals surface area (Å²) < 4.78 is 7.81. The minimum Gasteiger partial charge on any atom is 0 e. The van der Waals surface area contributed by atoms with Gasteiger partial charge in [0, 0.05) is 55.0 Å². The normalized spacial score (nSPS) is 1.20. The molecule has 0 aromatic carbocycles. The minimum atomic E-state index is 0. The van der Waals surface area contributed by atoms with Crippen LogP contribution in [-0.2, 0) is 47.4 Å². The maximum Gasteiger partial charge on any atom is 0 e. The molecular formula is H2CaCuHgOTl. The van der Waals surface area contributed by atoms with Crippen molar-refractivity contribution in [1.29, 1.82) is 0 Å². The molecule has 0 unspecified atom stereocenters. The molecule has 26 valence electrons. The molecule has 0 aromatic heterocycles. The van der Waals surface area contributed by atoms with Gasteiger partial charge in [0.15, 0.2) is 0 Å². The van der Waals surface area contributed by atoms with E-state index in [0.717, 1.165) is 0 Å². The van der Waals surface area contributed by atoms with Crippen LogP contribution in [0.1, 0.15) is 0 Å². The molecule has 0 aromatic rings. The summed E-state index contributed by atoms with van der Waals surface area (Å²) in [7, 11) is 0. The Balaban J connectivity index is -0.00000000167. The quantitative estimate of drug-likeness (QED) is 0.355. The van der Waals surface area contributed by atoms with Gasteiger partial charge in [0.05, 0.1) is 0 Å². The summed E-state index contributed by atoms with van der Waals surface area (Å²) in [6.07, 6.45) is 0. The van der Waals surface area contributed by atoms with Gasteiger partial charge in [0.25, 0.3) is 0 Å². The van der Waals surface area contributed by atoms with Gasteiger partial charge in [-0.1, -0.05) is 0 Å². The molecule has 0 amide bonds. The van der Waals surface area contributed by atoms with Crippen molar-refractivity contribution in [1.82, 2.24) is 0 Å². The molecule has 0 saturated heterocycles. The topological polar surface area (TPSA) is 17.1 Å². The fourth-order valence-electron chi connectivity index (χ4n) is 0. The maximum atomic E-state index is 7.81. The second-order valence-electron chi connectivity index (χ2n) is 0. The predicted octanol–water partition coefficient (Wildman–Crippen LogP) is -1.42. The molecule has 0 heterocycles. The first-order valence-corrected chi connectivity index (χ1v) is 0.508. The van der Waals surface area contributed by atoms with Crippen LogP contribution in [-0.4, -0.2) is 65.0 Å². The fraction of sp³-hybridized carbons (Fsp3) is 0. The Bertz CT molecular complexity index is 11.6. The summed E-state index contributed by atoms with van der Waals surface area (Å²) in [6.45, 7) is 0. The zero-order valence-electron chi connectivity index (χ0n) is 1.99. The molecule has 0 spiro atoms. The smallest absolute Gasteiger partial charge is 0 e. The molecule has 1 radical (unpaired) electrons. The molecule has 5 heavy (non-hydrogen) atoms. The second-order valence-corrected chi connectivity index (χ2v) is 0. The average Bonchev–Trinajstić information content (AvgIpc) is 1.00. The molecular weight excluding hydrogens is 525 g/mol. The Kier molecular flexibility index (Phi) is 124. The van der Waals surface area contributed by atoms with Crippen molar-refractivity contribution in [2.45, 2.75) is 0 Å².